The van der Waals surface area contributed by atoms with E-state index in [4.69, 9.17) is 4.74 Å². The fourth-order valence-electron chi connectivity index (χ4n) is 3.40. The van der Waals surface area contributed by atoms with Crippen LogP contribution in [0.1, 0.15) is 37.4 Å². The lowest BCUT2D eigenvalue weighted by Gasteiger charge is -2.08. The number of nitrogens with one attached hydrogen (secondary N) is 1. The molecule has 0 aliphatic heterocycles. The Bertz CT molecular complexity index is 979. The summed E-state index contributed by atoms with van der Waals surface area (Å²) in [7, 11) is 3.60. The molecule has 3 aromatic rings. The van der Waals surface area contributed by atoms with Crippen molar-refractivity contribution in [3.05, 3.63) is 30.1 Å². The van der Waals surface area contributed by atoms with E-state index in [0.29, 0.717) is 11.0 Å². The maximum absolute atomic E-state index is 12.3. The Hall–Kier alpha value is -2.46. The Labute approximate surface area is 177 Å². The molecule has 0 spiro atoms. The van der Waals surface area contributed by atoms with Crippen molar-refractivity contribution >= 4 is 34.1 Å². The van der Waals surface area contributed by atoms with Crippen molar-refractivity contribution in [2.45, 2.75) is 36.8 Å². The summed E-state index contributed by atoms with van der Waals surface area (Å²) in [6, 6.07) is 7.56. The molecule has 1 aliphatic rings. The molecular weight excluding hydrogens is 408 g/mol. The summed E-state index contributed by atoms with van der Waals surface area (Å²) in [5.74, 6) is 2.40. The average molecular weight is 431 g/mol. The molecule has 1 fully saturated rings. The number of aromatic nitrogens is 5. The lowest BCUT2D eigenvalue weighted by Crippen LogP contribution is -2.14. The number of anilines is 1. The topological polar surface area (TPSA) is 94.8 Å². The number of amides is 1. The van der Waals surface area contributed by atoms with E-state index >= 15 is 0 Å². The predicted octanol–water partition coefficient (Wildman–Crippen LogP) is 3.73. The van der Waals surface area contributed by atoms with Crippen molar-refractivity contribution in [1.29, 1.82) is 0 Å². The van der Waals surface area contributed by atoms with Crippen LogP contribution in [0.5, 0.6) is 5.75 Å². The Kier molecular flexibility index (Phi) is 6.10. The lowest BCUT2D eigenvalue weighted by molar-refractivity contribution is -0.113. The first-order chi connectivity index (χ1) is 14.1. The maximum atomic E-state index is 12.3. The van der Waals surface area contributed by atoms with Crippen LogP contribution in [0.3, 0.4) is 0 Å². The SMILES string of the molecule is COc1ccc(-c2nnc(NC(=O)CSc3nnc(C4CCCC4)n3C)s2)cc1. The lowest BCUT2D eigenvalue weighted by atomic mass is 10.1. The first-order valence-corrected chi connectivity index (χ1v) is 11.2. The van der Waals surface area contributed by atoms with Crippen molar-refractivity contribution in [2.75, 3.05) is 18.2 Å². The zero-order valence-corrected chi connectivity index (χ0v) is 17.9. The van der Waals surface area contributed by atoms with Crippen LogP contribution in [-0.2, 0) is 11.8 Å². The van der Waals surface area contributed by atoms with E-state index in [1.807, 2.05) is 35.9 Å². The van der Waals surface area contributed by atoms with Crippen molar-refractivity contribution in [3.63, 3.8) is 0 Å². The highest BCUT2D eigenvalue weighted by molar-refractivity contribution is 7.99. The highest BCUT2D eigenvalue weighted by Crippen LogP contribution is 2.34. The van der Waals surface area contributed by atoms with Gasteiger partial charge < -0.3 is 9.30 Å². The van der Waals surface area contributed by atoms with Gasteiger partial charge in [-0.25, -0.2) is 0 Å². The summed E-state index contributed by atoms with van der Waals surface area (Å²) in [6.07, 6.45) is 4.85. The van der Waals surface area contributed by atoms with Crippen LogP contribution in [0.25, 0.3) is 10.6 Å². The molecule has 152 valence electrons. The minimum Gasteiger partial charge on any atom is -0.497 e. The van der Waals surface area contributed by atoms with Crippen molar-refractivity contribution < 1.29 is 9.53 Å². The van der Waals surface area contributed by atoms with E-state index in [2.05, 4.69) is 25.7 Å². The number of carbonyl (C=O) groups is 1. The number of methoxy groups -OCH3 is 1. The van der Waals surface area contributed by atoms with Crippen molar-refractivity contribution in [2.24, 2.45) is 7.05 Å². The van der Waals surface area contributed by atoms with Crippen LogP contribution >= 0.6 is 23.1 Å². The number of rotatable bonds is 7. The molecule has 2 heterocycles. The molecular formula is C19H22N6O2S2. The fourth-order valence-corrected chi connectivity index (χ4v) is 4.88. The van der Waals surface area contributed by atoms with Gasteiger partial charge >= 0.3 is 0 Å². The van der Waals surface area contributed by atoms with Gasteiger partial charge in [-0.1, -0.05) is 35.9 Å². The molecule has 0 bridgehead atoms. The van der Waals surface area contributed by atoms with Crippen LogP contribution in [0.2, 0.25) is 0 Å². The third-order valence-corrected chi connectivity index (χ3v) is 6.84. The predicted molar refractivity (Wildman–Crippen MR) is 113 cm³/mol. The van der Waals surface area contributed by atoms with Crippen LogP contribution in [0.4, 0.5) is 5.13 Å². The number of ether oxygens (including phenoxy) is 1. The highest BCUT2D eigenvalue weighted by atomic mass is 32.2. The van der Waals surface area contributed by atoms with E-state index in [0.717, 1.165) is 27.3 Å². The molecule has 1 aromatic carbocycles. The van der Waals surface area contributed by atoms with Gasteiger partial charge in [0, 0.05) is 18.5 Å². The van der Waals surface area contributed by atoms with Gasteiger partial charge in [0.05, 0.1) is 12.9 Å². The van der Waals surface area contributed by atoms with Gasteiger partial charge in [0.2, 0.25) is 11.0 Å². The molecule has 2 aromatic heterocycles. The van der Waals surface area contributed by atoms with Gasteiger partial charge in [-0.2, -0.15) is 0 Å². The van der Waals surface area contributed by atoms with E-state index in [1.54, 1.807) is 7.11 Å². The first-order valence-electron chi connectivity index (χ1n) is 9.44. The minimum atomic E-state index is -0.141. The average Bonchev–Trinajstić information content (AvgIpc) is 3.48. The summed E-state index contributed by atoms with van der Waals surface area (Å²) in [4.78, 5) is 12.3. The second kappa shape index (κ2) is 8.91. The first kappa shape index (κ1) is 19.8. The Balaban J connectivity index is 1.33. The summed E-state index contributed by atoms with van der Waals surface area (Å²) in [5.41, 5.74) is 0.928. The number of hydrogen-bond acceptors (Lipinski definition) is 8. The van der Waals surface area contributed by atoms with E-state index in [9.17, 15) is 4.79 Å². The van der Waals surface area contributed by atoms with Crippen molar-refractivity contribution in [3.8, 4) is 16.3 Å². The number of nitrogens with zero attached hydrogens (tertiary/aromatic N) is 5. The molecule has 10 heteroatoms. The van der Waals surface area contributed by atoms with Crippen molar-refractivity contribution in [1.82, 2.24) is 25.0 Å². The van der Waals surface area contributed by atoms with Crippen LogP contribution < -0.4 is 10.1 Å². The molecule has 0 unspecified atom stereocenters. The number of thioether (sulfide) groups is 1. The molecule has 4 rings (SSSR count). The molecule has 0 radical (unpaired) electrons. The smallest absolute Gasteiger partial charge is 0.236 e. The molecule has 1 saturated carbocycles. The third kappa shape index (κ3) is 4.59. The standard InChI is InChI=1S/C19H22N6O2S2/c1-25-16(12-5-3-4-6-12)21-24-19(25)28-11-15(26)20-18-23-22-17(29-18)13-7-9-14(27-2)10-8-13/h7-10,12H,3-6,11H2,1-2H3,(H,20,23,26). The second-order valence-corrected chi connectivity index (χ2v) is 8.78. The summed E-state index contributed by atoms with van der Waals surface area (Å²) in [6.45, 7) is 0. The Morgan fingerprint density at radius 3 is 2.69 bits per heavy atom. The highest BCUT2D eigenvalue weighted by Gasteiger charge is 2.23. The van der Waals surface area contributed by atoms with Crippen LogP contribution in [0, 0.1) is 0 Å². The Morgan fingerprint density at radius 1 is 1.21 bits per heavy atom. The second-order valence-electron chi connectivity index (χ2n) is 6.86. The normalized spacial score (nSPS) is 14.3. The largest absolute Gasteiger partial charge is 0.497 e. The fraction of sp³-hybridized carbons (Fsp3) is 0.421. The monoisotopic (exact) mass is 430 g/mol. The molecule has 0 saturated heterocycles. The molecule has 1 N–H and O–H groups in total. The molecule has 29 heavy (non-hydrogen) atoms. The molecule has 1 amide bonds. The number of hydrogen-bond donors (Lipinski definition) is 1. The van der Waals surface area contributed by atoms with Gasteiger partial charge in [-0.05, 0) is 37.1 Å². The van der Waals surface area contributed by atoms with Gasteiger partial charge in [0.25, 0.3) is 0 Å². The van der Waals surface area contributed by atoms with Gasteiger partial charge in [0.1, 0.15) is 16.6 Å². The summed E-state index contributed by atoms with van der Waals surface area (Å²) < 4.78 is 7.18. The quantitative estimate of drug-likeness (QED) is 0.571. The number of benzene rings is 1. The van der Waals surface area contributed by atoms with Gasteiger partial charge in [-0.3, -0.25) is 10.1 Å². The Morgan fingerprint density at radius 2 is 1.97 bits per heavy atom. The van der Waals surface area contributed by atoms with Crippen LogP contribution in [-0.4, -0.2) is 43.7 Å². The zero-order chi connectivity index (χ0) is 20.2. The zero-order valence-electron chi connectivity index (χ0n) is 16.3. The van der Waals surface area contributed by atoms with Crippen LogP contribution in [0.15, 0.2) is 29.4 Å². The molecule has 0 atom stereocenters. The van der Waals surface area contributed by atoms with Gasteiger partial charge in [0.15, 0.2) is 5.16 Å². The summed E-state index contributed by atoms with van der Waals surface area (Å²) >= 11 is 2.72. The third-order valence-electron chi connectivity index (χ3n) is 4.93. The number of carbonyl (C=O) groups excluding carboxylic acids is 1. The van der Waals surface area contributed by atoms with E-state index in [1.165, 1.54) is 48.8 Å². The van der Waals surface area contributed by atoms with E-state index < -0.39 is 0 Å². The summed E-state index contributed by atoms with van der Waals surface area (Å²) in [5, 5.41) is 21.6. The molecule has 1 aliphatic carbocycles. The molecule has 8 nitrogen and oxygen atoms in total. The van der Waals surface area contributed by atoms with Gasteiger partial charge in [-0.15, -0.1) is 20.4 Å². The van der Waals surface area contributed by atoms with E-state index in [-0.39, 0.29) is 11.7 Å². The minimum absolute atomic E-state index is 0.141. The maximum Gasteiger partial charge on any atom is 0.236 e.